The maximum Gasteiger partial charge on any atom is 0.417 e. The van der Waals surface area contributed by atoms with Crippen LogP contribution in [0.4, 0.5) is 18.9 Å². The zero-order chi connectivity index (χ0) is 14.5. The smallest absolute Gasteiger partial charge is 0.396 e. The van der Waals surface area contributed by atoms with E-state index in [-0.39, 0.29) is 12.6 Å². The number of benzene rings is 1. The lowest BCUT2D eigenvalue weighted by Gasteiger charge is -2.18. The molecule has 0 saturated heterocycles. The van der Waals surface area contributed by atoms with Gasteiger partial charge in [-0.15, -0.1) is 0 Å². The van der Waals surface area contributed by atoms with Gasteiger partial charge in [-0.2, -0.15) is 18.4 Å². The summed E-state index contributed by atoms with van der Waals surface area (Å²) in [6.07, 6.45) is -3.30. The lowest BCUT2D eigenvalue weighted by atomic mass is 10.1. The van der Waals surface area contributed by atoms with Gasteiger partial charge >= 0.3 is 6.18 Å². The quantitative estimate of drug-likeness (QED) is 0.865. The molecule has 0 heterocycles. The maximum atomic E-state index is 12.6. The van der Waals surface area contributed by atoms with Crippen LogP contribution in [0.5, 0.6) is 0 Å². The number of nitriles is 1. The molecule has 0 spiro atoms. The molecule has 1 rings (SSSR count). The molecule has 0 aliphatic rings. The zero-order valence-electron chi connectivity index (χ0n) is 10.5. The Morgan fingerprint density at radius 3 is 2.58 bits per heavy atom. The predicted octanol–water partition coefficient (Wildman–Crippen LogP) is 3.15. The number of aliphatic hydroxyl groups is 1. The Kier molecular flexibility index (Phi) is 5.19. The highest BCUT2D eigenvalue weighted by Gasteiger charge is 2.33. The molecule has 1 atom stereocenters. The van der Waals surface area contributed by atoms with Gasteiger partial charge in [-0.3, -0.25) is 0 Å². The van der Waals surface area contributed by atoms with Crippen molar-refractivity contribution in [2.45, 2.75) is 32.0 Å². The second-order valence-corrected chi connectivity index (χ2v) is 4.13. The number of halogens is 3. The zero-order valence-corrected chi connectivity index (χ0v) is 10.5. The standard InChI is InChI=1S/C13H15F3N2O/c1-2-10(5-6-19)18-11-3-4-12(13(14,15)16)9(7-11)8-17/h3-4,7,10,18-19H,2,5-6H2,1H3. The van der Waals surface area contributed by atoms with Crippen LogP contribution in [0.2, 0.25) is 0 Å². The molecule has 2 N–H and O–H groups in total. The van der Waals surface area contributed by atoms with Crippen molar-refractivity contribution in [3.05, 3.63) is 29.3 Å². The van der Waals surface area contributed by atoms with Crippen LogP contribution in [0.15, 0.2) is 18.2 Å². The number of nitrogens with one attached hydrogen (secondary N) is 1. The van der Waals surface area contributed by atoms with Gasteiger partial charge in [-0.1, -0.05) is 6.92 Å². The number of anilines is 1. The molecule has 0 amide bonds. The van der Waals surface area contributed by atoms with Crippen LogP contribution in [0.1, 0.15) is 30.9 Å². The Balaban J connectivity index is 2.98. The minimum absolute atomic E-state index is 0.00273. The van der Waals surface area contributed by atoms with Crippen LogP contribution < -0.4 is 5.32 Å². The molecule has 19 heavy (non-hydrogen) atoms. The summed E-state index contributed by atoms with van der Waals surface area (Å²) < 4.78 is 37.8. The van der Waals surface area contributed by atoms with Crippen LogP contribution in [-0.4, -0.2) is 17.8 Å². The lowest BCUT2D eigenvalue weighted by Crippen LogP contribution is -2.20. The third-order valence-electron chi connectivity index (χ3n) is 2.79. The topological polar surface area (TPSA) is 56.0 Å². The van der Waals surface area contributed by atoms with Crippen LogP contribution in [-0.2, 0) is 6.18 Å². The van der Waals surface area contributed by atoms with Crippen molar-refractivity contribution < 1.29 is 18.3 Å². The van der Waals surface area contributed by atoms with Gasteiger partial charge in [0.05, 0.1) is 17.2 Å². The first-order valence-electron chi connectivity index (χ1n) is 5.91. The Hall–Kier alpha value is -1.74. The average molecular weight is 272 g/mol. The Morgan fingerprint density at radius 2 is 2.11 bits per heavy atom. The third-order valence-corrected chi connectivity index (χ3v) is 2.79. The van der Waals surface area contributed by atoms with Gasteiger partial charge in [0.2, 0.25) is 0 Å². The minimum atomic E-state index is -4.53. The fraction of sp³-hybridized carbons (Fsp3) is 0.462. The summed E-state index contributed by atoms with van der Waals surface area (Å²) in [7, 11) is 0. The molecule has 104 valence electrons. The van der Waals surface area contributed by atoms with Gasteiger partial charge in [0.1, 0.15) is 0 Å². The molecule has 1 aromatic carbocycles. The minimum Gasteiger partial charge on any atom is -0.396 e. The highest BCUT2D eigenvalue weighted by molar-refractivity contribution is 5.54. The van der Waals surface area contributed by atoms with Crippen molar-refractivity contribution in [3.8, 4) is 6.07 Å². The summed E-state index contributed by atoms with van der Waals surface area (Å²) in [6, 6.07) is 4.90. The fourth-order valence-electron chi connectivity index (χ4n) is 1.74. The van der Waals surface area contributed by atoms with E-state index in [1.54, 1.807) is 6.07 Å². The second-order valence-electron chi connectivity index (χ2n) is 4.13. The SMILES string of the molecule is CCC(CCO)Nc1ccc(C(F)(F)F)c(C#N)c1. The largest absolute Gasteiger partial charge is 0.417 e. The van der Waals surface area contributed by atoms with Crippen LogP contribution in [0.25, 0.3) is 0 Å². The average Bonchev–Trinajstić information content (AvgIpc) is 2.36. The van der Waals surface area contributed by atoms with Gasteiger partial charge in [-0.25, -0.2) is 0 Å². The first-order chi connectivity index (χ1) is 8.92. The molecule has 0 aliphatic carbocycles. The Bertz CT molecular complexity index is 466. The molecule has 0 saturated carbocycles. The first-order valence-corrected chi connectivity index (χ1v) is 5.91. The van der Waals surface area contributed by atoms with Crippen molar-refractivity contribution in [3.63, 3.8) is 0 Å². The van der Waals surface area contributed by atoms with Crippen LogP contribution in [0.3, 0.4) is 0 Å². The summed E-state index contributed by atoms with van der Waals surface area (Å²) in [4.78, 5) is 0. The number of nitrogens with zero attached hydrogens (tertiary/aromatic N) is 1. The van der Waals surface area contributed by atoms with E-state index in [0.717, 1.165) is 12.5 Å². The normalized spacial score (nSPS) is 12.8. The van der Waals surface area contributed by atoms with Crippen molar-refractivity contribution in [1.29, 1.82) is 5.26 Å². The second kappa shape index (κ2) is 6.43. The molecule has 0 aliphatic heterocycles. The molecule has 0 fully saturated rings. The highest BCUT2D eigenvalue weighted by Crippen LogP contribution is 2.33. The molecule has 0 radical (unpaired) electrons. The van der Waals surface area contributed by atoms with Crippen LogP contribution in [0, 0.1) is 11.3 Å². The van der Waals surface area contributed by atoms with Crippen molar-refractivity contribution in [2.75, 3.05) is 11.9 Å². The summed E-state index contributed by atoms with van der Waals surface area (Å²) in [5.41, 5.74) is -0.892. The molecule has 1 aromatic rings. The number of alkyl halides is 3. The van der Waals surface area contributed by atoms with Crippen molar-refractivity contribution in [1.82, 2.24) is 0 Å². The summed E-state index contributed by atoms with van der Waals surface area (Å²) >= 11 is 0. The van der Waals surface area contributed by atoms with E-state index in [0.29, 0.717) is 12.1 Å². The third kappa shape index (κ3) is 4.14. The number of rotatable bonds is 5. The molecular formula is C13H15F3N2O. The Labute approximate surface area is 109 Å². The van der Waals surface area contributed by atoms with E-state index in [4.69, 9.17) is 10.4 Å². The van der Waals surface area contributed by atoms with E-state index >= 15 is 0 Å². The van der Waals surface area contributed by atoms with Gasteiger partial charge in [0.25, 0.3) is 0 Å². The van der Waals surface area contributed by atoms with Gasteiger partial charge in [0, 0.05) is 18.3 Å². The molecule has 3 nitrogen and oxygen atoms in total. The Morgan fingerprint density at radius 1 is 1.42 bits per heavy atom. The van der Waals surface area contributed by atoms with E-state index in [1.165, 1.54) is 12.1 Å². The van der Waals surface area contributed by atoms with E-state index in [2.05, 4.69) is 5.32 Å². The van der Waals surface area contributed by atoms with Crippen molar-refractivity contribution >= 4 is 5.69 Å². The summed E-state index contributed by atoms with van der Waals surface area (Å²) in [5, 5.41) is 20.6. The molecule has 0 bridgehead atoms. The van der Waals surface area contributed by atoms with E-state index in [1.807, 2.05) is 6.92 Å². The van der Waals surface area contributed by atoms with Crippen molar-refractivity contribution in [2.24, 2.45) is 0 Å². The number of hydrogen-bond acceptors (Lipinski definition) is 3. The van der Waals surface area contributed by atoms with Crippen LogP contribution >= 0.6 is 0 Å². The molecule has 0 aromatic heterocycles. The summed E-state index contributed by atoms with van der Waals surface area (Å²) in [5.74, 6) is 0. The van der Waals surface area contributed by atoms with Gasteiger partial charge in [-0.05, 0) is 31.0 Å². The first kappa shape index (κ1) is 15.3. The molecule has 1 unspecified atom stereocenters. The fourth-order valence-corrected chi connectivity index (χ4v) is 1.74. The summed E-state index contributed by atoms with van der Waals surface area (Å²) in [6.45, 7) is 1.90. The number of aliphatic hydroxyl groups excluding tert-OH is 1. The molecule has 6 heteroatoms. The lowest BCUT2D eigenvalue weighted by molar-refractivity contribution is -0.137. The van der Waals surface area contributed by atoms with Gasteiger partial charge in [0.15, 0.2) is 0 Å². The van der Waals surface area contributed by atoms with Gasteiger partial charge < -0.3 is 10.4 Å². The number of hydrogen-bond donors (Lipinski definition) is 2. The maximum absolute atomic E-state index is 12.6. The van der Waals surface area contributed by atoms with E-state index < -0.39 is 17.3 Å². The highest BCUT2D eigenvalue weighted by atomic mass is 19.4. The monoisotopic (exact) mass is 272 g/mol. The molecular weight excluding hydrogens is 257 g/mol. The predicted molar refractivity (Wildman–Crippen MR) is 65.6 cm³/mol. The van der Waals surface area contributed by atoms with E-state index in [9.17, 15) is 13.2 Å².